The van der Waals surface area contributed by atoms with Crippen LogP contribution in [-0.4, -0.2) is 41.8 Å². The van der Waals surface area contributed by atoms with E-state index in [9.17, 15) is 22.4 Å². The fourth-order valence-corrected chi connectivity index (χ4v) is 4.05. The van der Waals surface area contributed by atoms with Crippen molar-refractivity contribution < 1.29 is 22.4 Å². The van der Waals surface area contributed by atoms with Gasteiger partial charge in [0, 0.05) is 31.4 Å². The third kappa shape index (κ3) is 6.33. The Bertz CT molecular complexity index is 954. The van der Waals surface area contributed by atoms with E-state index in [2.05, 4.69) is 20.8 Å². The number of benzene rings is 1. The number of nitrogens with one attached hydrogen (secondary N) is 2. The van der Waals surface area contributed by atoms with Gasteiger partial charge in [0.1, 0.15) is 5.82 Å². The van der Waals surface area contributed by atoms with E-state index < -0.39 is 17.6 Å². The maximum atomic E-state index is 13.3. The Morgan fingerprint density at radius 2 is 1.82 bits per heavy atom. The highest BCUT2D eigenvalue weighted by atomic mass is 19.4. The molecule has 2 aromatic rings. The Morgan fingerprint density at radius 3 is 2.45 bits per heavy atom. The second-order valence-electron chi connectivity index (χ2n) is 8.71. The average molecular weight is 465 g/mol. The highest BCUT2D eigenvalue weighted by Crippen LogP contribution is 2.36. The minimum Gasteiger partial charge on any atom is -0.382 e. The van der Waals surface area contributed by atoms with Gasteiger partial charge in [-0.25, -0.2) is 4.39 Å². The fraction of sp³-hybridized carbons (Fsp3) is 0.522. The molecule has 0 bridgehead atoms. The van der Waals surface area contributed by atoms with Crippen LogP contribution in [0, 0.1) is 11.7 Å². The lowest BCUT2D eigenvalue weighted by atomic mass is 10.0. The van der Waals surface area contributed by atoms with E-state index in [0.717, 1.165) is 30.9 Å². The quantitative estimate of drug-likeness (QED) is 0.439. The summed E-state index contributed by atoms with van der Waals surface area (Å²) in [7, 11) is 0. The van der Waals surface area contributed by atoms with Crippen LogP contribution in [0.1, 0.15) is 54.6 Å². The van der Waals surface area contributed by atoms with Gasteiger partial charge in [-0.1, -0.05) is 12.8 Å². The number of piperidine rings is 1. The van der Waals surface area contributed by atoms with Gasteiger partial charge in [0.2, 0.25) is 0 Å². The van der Waals surface area contributed by atoms with Crippen molar-refractivity contribution >= 4 is 17.4 Å². The molecule has 1 saturated heterocycles. The smallest absolute Gasteiger partial charge is 0.382 e. The Kier molecular flexibility index (Phi) is 6.99. The highest BCUT2D eigenvalue weighted by Gasteiger charge is 2.35. The van der Waals surface area contributed by atoms with Crippen LogP contribution < -0.4 is 15.5 Å². The van der Waals surface area contributed by atoms with E-state index >= 15 is 0 Å². The molecule has 2 fully saturated rings. The molecule has 1 aliphatic carbocycles. The van der Waals surface area contributed by atoms with Crippen LogP contribution in [-0.2, 0) is 6.18 Å². The molecule has 0 spiro atoms. The summed E-state index contributed by atoms with van der Waals surface area (Å²) in [6.45, 7) is 1.77. The molecule has 1 amide bonds. The van der Waals surface area contributed by atoms with Crippen molar-refractivity contribution in [3.05, 3.63) is 47.4 Å². The summed E-state index contributed by atoms with van der Waals surface area (Å²) < 4.78 is 53.0. The van der Waals surface area contributed by atoms with Gasteiger partial charge in [-0.3, -0.25) is 4.79 Å². The number of hydrogen-bond acceptors (Lipinski definition) is 5. The number of alkyl halides is 3. The zero-order valence-electron chi connectivity index (χ0n) is 18.2. The summed E-state index contributed by atoms with van der Waals surface area (Å²) in [6, 6.07) is 5.86. The molecule has 6 nitrogen and oxygen atoms in total. The maximum Gasteiger partial charge on any atom is 0.418 e. The summed E-state index contributed by atoms with van der Waals surface area (Å²) in [5.41, 5.74) is -0.857. The third-order valence-corrected chi connectivity index (χ3v) is 6.12. The number of carbonyl (C=O) groups excluding carboxylic acids is 1. The van der Waals surface area contributed by atoms with Crippen molar-refractivity contribution in [2.45, 2.75) is 50.7 Å². The molecule has 0 atom stereocenters. The number of hydrogen-bond donors (Lipinski definition) is 2. The summed E-state index contributed by atoms with van der Waals surface area (Å²) >= 11 is 0. The number of nitrogens with zero attached hydrogens (tertiary/aromatic N) is 3. The van der Waals surface area contributed by atoms with Gasteiger partial charge < -0.3 is 15.5 Å². The molecule has 178 valence electrons. The number of aromatic nitrogens is 2. The van der Waals surface area contributed by atoms with E-state index in [1.807, 2.05) is 4.90 Å². The predicted molar refractivity (Wildman–Crippen MR) is 117 cm³/mol. The van der Waals surface area contributed by atoms with Gasteiger partial charge in [0.25, 0.3) is 5.91 Å². The molecule has 10 heteroatoms. The molecule has 1 aliphatic heterocycles. The Hall–Kier alpha value is -2.91. The van der Waals surface area contributed by atoms with Crippen molar-refractivity contribution in [2.75, 3.05) is 29.9 Å². The lowest BCUT2D eigenvalue weighted by Gasteiger charge is -2.33. The molecule has 2 aliphatic rings. The Balaban J connectivity index is 1.27. The van der Waals surface area contributed by atoms with Crippen LogP contribution in [0.3, 0.4) is 0 Å². The van der Waals surface area contributed by atoms with Gasteiger partial charge in [-0.15, -0.1) is 10.2 Å². The van der Waals surface area contributed by atoms with Crippen molar-refractivity contribution in [2.24, 2.45) is 5.92 Å². The Morgan fingerprint density at radius 1 is 1.06 bits per heavy atom. The number of carbonyl (C=O) groups is 1. The van der Waals surface area contributed by atoms with Gasteiger partial charge in [0.15, 0.2) is 11.5 Å². The van der Waals surface area contributed by atoms with Crippen molar-refractivity contribution in [1.29, 1.82) is 0 Å². The van der Waals surface area contributed by atoms with Gasteiger partial charge in [-0.05, 0) is 61.9 Å². The first-order chi connectivity index (χ1) is 15.8. The van der Waals surface area contributed by atoms with E-state index in [-0.39, 0.29) is 23.3 Å². The van der Waals surface area contributed by atoms with E-state index in [1.165, 1.54) is 12.8 Å². The summed E-state index contributed by atoms with van der Waals surface area (Å²) in [5, 5.41) is 14.0. The van der Waals surface area contributed by atoms with Crippen molar-refractivity contribution in [3.8, 4) is 0 Å². The minimum absolute atomic E-state index is 0.116. The summed E-state index contributed by atoms with van der Waals surface area (Å²) in [4.78, 5) is 14.2. The van der Waals surface area contributed by atoms with E-state index in [4.69, 9.17) is 0 Å². The predicted octanol–water partition coefficient (Wildman–Crippen LogP) is 4.64. The molecular formula is C23H27F4N5O. The topological polar surface area (TPSA) is 70.2 Å². The standard InChI is InChI=1S/C23H27F4N5O/c24-16-5-6-19(18(14-16)23(25,26)27)29-17-9-12-32(13-10-17)21-8-7-20(30-31-21)22(33)28-11-1-2-15-3-4-15/h5-8,14-15,17,29H,1-4,9-13H2,(H,28,33). The first-order valence-electron chi connectivity index (χ1n) is 11.3. The van der Waals surface area contributed by atoms with E-state index in [0.29, 0.717) is 44.4 Å². The number of anilines is 2. The SMILES string of the molecule is O=C(NCCCC1CC1)c1ccc(N2CCC(Nc3ccc(F)cc3C(F)(F)F)CC2)nn1. The van der Waals surface area contributed by atoms with Crippen LogP contribution >= 0.6 is 0 Å². The van der Waals surface area contributed by atoms with Gasteiger partial charge in [-0.2, -0.15) is 13.2 Å². The lowest BCUT2D eigenvalue weighted by molar-refractivity contribution is -0.137. The van der Waals surface area contributed by atoms with Crippen LogP contribution in [0.15, 0.2) is 30.3 Å². The molecule has 4 rings (SSSR count). The normalized spacial score (nSPS) is 17.2. The zero-order valence-corrected chi connectivity index (χ0v) is 18.2. The lowest BCUT2D eigenvalue weighted by Crippen LogP contribution is -2.40. The molecule has 1 aromatic carbocycles. The van der Waals surface area contributed by atoms with Crippen LogP contribution in [0.25, 0.3) is 0 Å². The molecule has 0 unspecified atom stereocenters. The van der Waals surface area contributed by atoms with Gasteiger partial charge in [0.05, 0.1) is 5.56 Å². The maximum absolute atomic E-state index is 13.3. The largest absolute Gasteiger partial charge is 0.418 e. The molecule has 2 N–H and O–H groups in total. The molecule has 33 heavy (non-hydrogen) atoms. The highest BCUT2D eigenvalue weighted by molar-refractivity contribution is 5.92. The minimum atomic E-state index is -4.63. The first-order valence-corrected chi connectivity index (χ1v) is 11.3. The van der Waals surface area contributed by atoms with Crippen LogP contribution in [0.4, 0.5) is 29.1 Å². The number of amides is 1. The number of rotatable bonds is 8. The molecule has 0 radical (unpaired) electrons. The fourth-order valence-electron chi connectivity index (χ4n) is 4.05. The van der Waals surface area contributed by atoms with Crippen molar-refractivity contribution in [3.63, 3.8) is 0 Å². The summed E-state index contributed by atoms with van der Waals surface area (Å²) in [5.74, 6) is 0.295. The van der Waals surface area contributed by atoms with Crippen LogP contribution in [0.2, 0.25) is 0 Å². The zero-order chi connectivity index (χ0) is 23.4. The van der Waals surface area contributed by atoms with E-state index in [1.54, 1.807) is 12.1 Å². The second kappa shape index (κ2) is 9.93. The third-order valence-electron chi connectivity index (χ3n) is 6.12. The summed E-state index contributed by atoms with van der Waals surface area (Å²) in [6.07, 6.45) is 1.25. The molecular weight excluding hydrogens is 438 g/mol. The molecule has 2 heterocycles. The number of halogens is 4. The van der Waals surface area contributed by atoms with Crippen LogP contribution in [0.5, 0.6) is 0 Å². The van der Waals surface area contributed by atoms with Gasteiger partial charge >= 0.3 is 6.18 Å². The average Bonchev–Trinajstić information content (AvgIpc) is 3.62. The monoisotopic (exact) mass is 465 g/mol. The molecule has 1 saturated carbocycles. The first kappa shape index (κ1) is 23.3. The second-order valence-corrected chi connectivity index (χ2v) is 8.71. The Labute approximate surface area is 189 Å². The molecule has 1 aromatic heterocycles. The van der Waals surface area contributed by atoms with Crippen molar-refractivity contribution in [1.82, 2.24) is 15.5 Å².